The highest BCUT2D eigenvalue weighted by atomic mass is 32.1. The summed E-state index contributed by atoms with van der Waals surface area (Å²) in [4.78, 5) is 4.52. The molecule has 1 aromatic heterocycles. The fraction of sp³-hybridized carbons (Fsp3) is 0.727. The monoisotopic (exact) mass is 195 g/mol. The van der Waals surface area contributed by atoms with Crippen molar-refractivity contribution in [2.45, 2.75) is 45.4 Å². The second-order valence-corrected chi connectivity index (χ2v) is 5.13. The fourth-order valence-electron chi connectivity index (χ4n) is 2.19. The summed E-state index contributed by atoms with van der Waals surface area (Å²) in [6.45, 7) is 2.09. The van der Waals surface area contributed by atoms with Gasteiger partial charge in [0.25, 0.3) is 0 Å². The lowest BCUT2D eigenvalue weighted by atomic mass is 9.86. The first-order valence-electron chi connectivity index (χ1n) is 5.25. The van der Waals surface area contributed by atoms with Crippen LogP contribution >= 0.6 is 11.3 Å². The summed E-state index contributed by atoms with van der Waals surface area (Å²) in [5.41, 5.74) is 1.33. The molecule has 72 valence electrons. The molecule has 2 heteroatoms. The van der Waals surface area contributed by atoms with Gasteiger partial charge in [0.2, 0.25) is 0 Å². The van der Waals surface area contributed by atoms with Crippen LogP contribution in [-0.2, 0) is 6.42 Å². The Kier molecular flexibility index (Phi) is 2.99. The van der Waals surface area contributed by atoms with E-state index in [0.29, 0.717) is 0 Å². The summed E-state index contributed by atoms with van der Waals surface area (Å²) < 4.78 is 0. The summed E-state index contributed by atoms with van der Waals surface area (Å²) >= 11 is 1.78. The van der Waals surface area contributed by atoms with Crippen LogP contribution in [0.15, 0.2) is 5.38 Å². The molecule has 0 spiro atoms. The number of aryl methyl sites for hydroxylation is 1. The van der Waals surface area contributed by atoms with Gasteiger partial charge in [-0.25, -0.2) is 4.98 Å². The zero-order valence-electron chi connectivity index (χ0n) is 8.25. The van der Waals surface area contributed by atoms with Crippen molar-refractivity contribution >= 4 is 11.3 Å². The SMILES string of the molecule is Cc1nc(CC2CCCCC2)cs1. The fourth-order valence-corrected chi connectivity index (χ4v) is 2.81. The molecule has 0 bridgehead atoms. The van der Waals surface area contributed by atoms with Crippen LogP contribution in [0.5, 0.6) is 0 Å². The highest BCUT2D eigenvalue weighted by molar-refractivity contribution is 7.09. The highest BCUT2D eigenvalue weighted by Crippen LogP contribution is 2.27. The Morgan fingerprint density at radius 2 is 2.15 bits per heavy atom. The van der Waals surface area contributed by atoms with Crippen LogP contribution < -0.4 is 0 Å². The standard InChI is InChI=1S/C11H17NS/c1-9-12-11(8-13-9)7-10-5-3-2-4-6-10/h8,10H,2-7H2,1H3. The summed E-state index contributed by atoms with van der Waals surface area (Å²) in [6, 6.07) is 0. The van der Waals surface area contributed by atoms with Crippen LogP contribution in [0, 0.1) is 12.8 Å². The molecule has 0 unspecified atom stereocenters. The molecule has 13 heavy (non-hydrogen) atoms. The topological polar surface area (TPSA) is 12.9 Å². The third-order valence-corrected chi connectivity index (χ3v) is 3.71. The molecule has 1 heterocycles. The Labute approximate surface area is 84.2 Å². The molecule has 1 fully saturated rings. The van der Waals surface area contributed by atoms with E-state index in [9.17, 15) is 0 Å². The van der Waals surface area contributed by atoms with Gasteiger partial charge in [0, 0.05) is 5.38 Å². The Morgan fingerprint density at radius 3 is 2.77 bits per heavy atom. The lowest BCUT2D eigenvalue weighted by molar-refractivity contribution is 0.354. The molecule has 0 aromatic carbocycles. The Bertz CT molecular complexity index is 261. The van der Waals surface area contributed by atoms with Crippen molar-refractivity contribution in [2.75, 3.05) is 0 Å². The Hall–Kier alpha value is -0.370. The largest absolute Gasteiger partial charge is 0.247 e. The van der Waals surface area contributed by atoms with Gasteiger partial charge in [0.15, 0.2) is 0 Å². The number of thiazole rings is 1. The van der Waals surface area contributed by atoms with Crippen LogP contribution in [0.3, 0.4) is 0 Å². The van der Waals surface area contributed by atoms with Gasteiger partial charge in [-0.3, -0.25) is 0 Å². The summed E-state index contributed by atoms with van der Waals surface area (Å²) in [7, 11) is 0. The Balaban J connectivity index is 1.89. The third kappa shape index (κ3) is 2.53. The van der Waals surface area contributed by atoms with Crippen molar-refractivity contribution in [2.24, 2.45) is 5.92 Å². The van der Waals surface area contributed by atoms with E-state index in [-0.39, 0.29) is 0 Å². The second-order valence-electron chi connectivity index (χ2n) is 4.07. The van der Waals surface area contributed by atoms with Gasteiger partial charge in [-0.15, -0.1) is 11.3 Å². The lowest BCUT2D eigenvalue weighted by Gasteiger charge is -2.20. The smallest absolute Gasteiger partial charge is 0.0897 e. The van der Waals surface area contributed by atoms with Gasteiger partial charge >= 0.3 is 0 Å². The van der Waals surface area contributed by atoms with Crippen LogP contribution in [0.4, 0.5) is 0 Å². The molecule has 0 saturated heterocycles. The summed E-state index contributed by atoms with van der Waals surface area (Å²) in [5.74, 6) is 0.926. The molecule has 0 N–H and O–H groups in total. The van der Waals surface area contributed by atoms with Crippen molar-refractivity contribution in [3.8, 4) is 0 Å². The number of aromatic nitrogens is 1. The molecule has 0 aliphatic heterocycles. The van der Waals surface area contributed by atoms with Crippen molar-refractivity contribution < 1.29 is 0 Å². The molecular weight excluding hydrogens is 178 g/mol. The first-order valence-corrected chi connectivity index (χ1v) is 6.13. The maximum atomic E-state index is 4.52. The van der Waals surface area contributed by atoms with E-state index < -0.39 is 0 Å². The van der Waals surface area contributed by atoms with E-state index in [2.05, 4.69) is 17.3 Å². The number of nitrogens with zero attached hydrogens (tertiary/aromatic N) is 1. The van der Waals surface area contributed by atoms with Crippen LogP contribution in [0.25, 0.3) is 0 Å². The molecular formula is C11H17NS. The maximum Gasteiger partial charge on any atom is 0.0897 e. The van der Waals surface area contributed by atoms with E-state index in [1.807, 2.05) is 0 Å². The second kappa shape index (κ2) is 4.23. The molecule has 0 amide bonds. The molecule has 1 aliphatic carbocycles. The number of hydrogen-bond donors (Lipinski definition) is 0. The van der Waals surface area contributed by atoms with Crippen LogP contribution in [0.2, 0.25) is 0 Å². The minimum atomic E-state index is 0.926. The van der Waals surface area contributed by atoms with Gasteiger partial charge in [0.1, 0.15) is 0 Å². The van der Waals surface area contributed by atoms with Gasteiger partial charge in [-0.2, -0.15) is 0 Å². The van der Waals surface area contributed by atoms with Crippen molar-refractivity contribution in [3.05, 3.63) is 16.1 Å². The zero-order chi connectivity index (χ0) is 9.10. The van der Waals surface area contributed by atoms with E-state index in [1.54, 1.807) is 11.3 Å². The van der Waals surface area contributed by atoms with Gasteiger partial charge in [-0.1, -0.05) is 32.1 Å². The quantitative estimate of drug-likeness (QED) is 0.703. The van der Waals surface area contributed by atoms with Crippen molar-refractivity contribution in [3.63, 3.8) is 0 Å². The minimum Gasteiger partial charge on any atom is -0.247 e. The molecule has 2 rings (SSSR count). The van der Waals surface area contributed by atoms with Gasteiger partial charge in [-0.05, 0) is 19.3 Å². The molecule has 1 saturated carbocycles. The molecule has 1 aromatic rings. The van der Waals surface area contributed by atoms with Crippen molar-refractivity contribution in [1.82, 2.24) is 4.98 Å². The van der Waals surface area contributed by atoms with E-state index in [0.717, 1.165) is 5.92 Å². The first-order chi connectivity index (χ1) is 6.34. The number of hydrogen-bond acceptors (Lipinski definition) is 2. The predicted octanol–water partition coefficient (Wildman–Crippen LogP) is 3.57. The maximum absolute atomic E-state index is 4.52. The van der Waals surface area contributed by atoms with Crippen molar-refractivity contribution in [1.29, 1.82) is 0 Å². The average molecular weight is 195 g/mol. The minimum absolute atomic E-state index is 0.926. The molecule has 1 aliphatic rings. The summed E-state index contributed by atoms with van der Waals surface area (Å²) in [6.07, 6.45) is 8.41. The molecule has 0 atom stereocenters. The van der Waals surface area contributed by atoms with E-state index in [4.69, 9.17) is 0 Å². The lowest BCUT2D eigenvalue weighted by Crippen LogP contribution is -2.09. The van der Waals surface area contributed by atoms with E-state index in [1.165, 1.54) is 49.2 Å². The molecule has 1 nitrogen and oxygen atoms in total. The Morgan fingerprint density at radius 1 is 1.38 bits per heavy atom. The zero-order valence-corrected chi connectivity index (χ0v) is 9.07. The van der Waals surface area contributed by atoms with Gasteiger partial charge in [0.05, 0.1) is 10.7 Å². The van der Waals surface area contributed by atoms with Gasteiger partial charge < -0.3 is 0 Å². The predicted molar refractivity (Wildman–Crippen MR) is 57.1 cm³/mol. The van der Waals surface area contributed by atoms with E-state index >= 15 is 0 Å². The third-order valence-electron chi connectivity index (χ3n) is 2.89. The highest BCUT2D eigenvalue weighted by Gasteiger charge is 2.14. The number of rotatable bonds is 2. The summed E-state index contributed by atoms with van der Waals surface area (Å²) in [5, 5.41) is 3.44. The average Bonchev–Trinajstić information content (AvgIpc) is 2.53. The van der Waals surface area contributed by atoms with Crippen LogP contribution in [-0.4, -0.2) is 4.98 Å². The normalized spacial score (nSPS) is 19.2. The van der Waals surface area contributed by atoms with Crippen LogP contribution in [0.1, 0.15) is 42.8 Å². The first kappa shape index (κ1) is 9.20. The molecule has 0 radical (unpaired) electrons.